The van der Waals surface area contributed by atoms with Crippen LogP contribution < -0.4 is 5.32 Å². The molecule has 202 valence electrons. The zero-order valence-electron chi connectivity index (χ0n) is 20.3. The molecule has 7 nitrogen and oxygen atoms in total. The van der Waals surface area contributed by atoms with Gasteiger partial charge < -0.3 is 10.2 Å². The summed E-state index contributed by atoms with van der Waals surface area (Å²) < 4.78 is 80.0. The van der Waals surface area contributed by atoms with E-state index in [1.54, 1.807) is 18.2 Å². The van der Waals surface area contributed by atoms with E-state index in [1.165, 1.54) is 57.9 Å². The Morgan fingerprint density at radius 2 is 1.54 bits per heavy atom. The Hall–Kier alpha value is -4.03. The molecule has 1 saturated heterocycles. The van der Waals surface area contributed by atoms with Crippen LogP contribution in [0.15, 0.2) is 83.9 Å². The number of rotatable bonds is 5. The number of carbonyl (C=O) groups is 1. The highest BCUT2D eigenvalue weighted by atomic mass is 32.2. The van der Waals surface area contributed by atoms with E-state index in [0.29, 0.717) is 22.3 Å². The molecule has 0 saturated carbocycles. The number of anilines is 2. The summed E-state index contributed by atoms with van der Waals surface area (Å²) in [5.41, 5.74) is 0.766. The number of piperazine rings is 1. The molecule has 0 radical (unpaired) electrons. The fourth-order valence-corrected chi connectivity index (χ4v) is 5.78. The Labute approximate surface area is 221 Å². The zero-order chi connectivity index (χ0) is 27.8. The van der Waals surface area contributed by atoms with Gasteiger partial charge in [0.25, 0.3) is 5.91 Å². The third kappa shape index (κ3) is 5.57. The summed E-state index contributed by atoms with van der Waals surface area (Å²) in [5, 5.41) is 3.59. The molecule has 0 atom stereocenters. The van der Waals surface area contributed by atoms with Crippen LogP contribution in [0.4, 0.5) is 28.9 Å². The minimum absolute atomic E-state index is 0.0702. The number of benzene rings is 3. The summed E-state index contributed by atoms with van der Waals surface area (Å²) in [4.78, 5) is 18.3. The van der Waals surface area contributed by atoms with Crippen LogP contribution >= 0.6 is 0 Å². The van der Waals surface area contributed by atoms with Crippen molar-refractivity contribution in [1.29, 1.82) is 0 Å². The molecule has 0 aliphatic carbocycles. The topological polar surface area (TPSA) is 82.6 Å². The zero-order valence-corrected chi connectivity index (χ0v) is 21.1. The first-order chi connectivity index (χ1) is 18.5. The average Bonchev–Trinajstić information content (AvgIpc) is 2.93. The molecule has 0 bridgehead atoms. The second kappa shape index (κ2) is 10.3. The number of fused-ring (bicyclic) bond motifs is 1. The van der Waals surface area contributed by atoms with Gasteiger partial charge in [0, 0.05) is 54.7 Å². The minimum atomic E-state index is -4.48. The number of hydrogen-bond donors (Lipinski definition) is 1. The number of carbonyl (C=O) groups excluding carboxylic acids is 1. The van der Waals surface area contributed by atoms with Crippen LogP contribution in [0.3, 0.4) is 0 Å². The molecule has 0 spiro atoms. The van der Waals surface area contributed by atoms with Crippen LogP contribution in [0.1, 0.15) is 15.9 Å². The van der Waals surface area contributed by atoms with Crippen LogP contribution in [0, 0.1) is 5.82 Å². The van der Waals surface area contributed by atoms with Crippen molar-refractivity contribution in [1.82, 2.24) is 14.2 Å². The van der Waals surface area contributed by atoms with E-state index in [2.05, 4.69) is 10.3 Å². The van der Waals surface area contributed by atoms with Crippen LogP contribution in [-0.2, 0) is 16.2 Å². The summed E-state index contributed by atoms with van der Waals surface area (Å²) in [5.74, 6) is -0.738. The molecule has 3 aromatic carbocycles. The van der Waals surface area contributed by atoms with Crippen LogP contribution in [-0.4, -0.2) is 54.7 Å². The monoisotopic (exact) mass is 558 g/mol. The lowest BCUT2D eigenvalue weighted by molar-refractivity contribution is -0.137. The van der Waals surface area contributed by atoms with Crippen LogP contribution in [0.2, 0.25) is 0 Å². The lowest BCUT2D eigenvalue weighted by Crippen LogP contribution is -2.50. The summed E-state index contributed by atoms with van der Waals surface area (Å²) in [7, 11) is -3.82. The van der Waals surface area contributed by atoms with E-state index in [4.69, 9.17) is 0 Å². The van der Waals surface area contributed by atoms with Gasteiger partial charge in [-0.3, -0.25) is 9.78 Å². The molecule has 1 aromatic heterocycles. The summed E-state index contributed by atoms with van der Waals surface area (Å²) >= 11 is 0. The Kier molecular flexibility index (Phi) is 7.00. The number of hydrogen-bond acceptors (Lipinski definition) is 5. The van der Waals surface area contributed by atoms with Gasteiger partial charge in [0.2, 0.25) is 10.0 Å². The molecule has 39 heavy (non-hydrogen) atoms. The van der Waals surface area contributed by atoms with Gasteiger partial charge >= 0.3 is 6.18 Å². The Morgan fingerprint density at radius 3 is 2.18 bits per heavy atom. The third-order valence-corrected chi connectivity index (χ3v) is 8.37. The molecule has 1 amide bonds. The number of amides is 1. The number of alkyl halides is 3. The maximum Gasteiger partial charge on any atom is 0.416 e. The van der Waals surface area contributed by atoms with Crippen LogP contribution in [0.25, 0.3) is 10.9 Å². The Balaban J connectivity index is 1.26. The summed E-state index contributed by atoms with van der Waals surface area (Å²) in [6.07, 6.45) is -3.09. The number of nitrogens with zero attached hydrogens (tertiary/aromatic N) is 3. The van der Waals surface area contributed by atoms with Gasteiger partial charge in [0.05, 0.1) is 16.0 Å². The van der Waals surface area contributed by atoms with Crippen molar-refractivity contribution in [3.05, 3.63) is 95.9 Å². The van der Waals surface area contributed by atoms with Crippen molar-refractivity contribution in [3.63, 3.8) is 0 Å². The van der Waals surface area contributed by atoms with Gasteiger partial charge in [0.1, 0.15) is 5.82 Å². The van der Waals surface area contributed by atoms with Gasteiger partial charge in [-0.1, -0.05) is 6.07 Å². The van der Waals surface area contributed by atoms with E-state index in [1.807, 2.05) is 0 Å². The second-order valence-electron chi connectivity index (χ2n) is 8.94. The number of aromatic nitrogens is 1. The Bertz CT molecular complexity index is 1620. The molecule has 1 aliphatic heterocycles. The van der Waals surface area contributed by atoms with E-state index in [0.717, 1.165) is 12.1 Å². The number of nitrogens with one attached hydrogen (secondary N) is 1. The van der Waals surface area contributed by atoms with Crippen molar-refractivity contribution in [2.45, 2.75) is 11.1 Å². The van der Waals surface area contributed by atoms with E-state index >= 15 is 0 Å². The maximum absolute atomic E-state index is 13.2. The first-order valence-electron chi connectivity index (χ1n) is 11.9. The Morgan fingerprint density at radius 1 is 0.872 bits per heavy atom. The molecule has 4 aromatic rings. The van der Waals surface area contributed by atoms with Gasteiger partial charge in [-0.15, -0.1) is 0 Å². The second-order valence-corrected chi connectivity index (χ2v) is 10.9. The van der Waals surface area contributed by atoms with Gasteiger partial charge in [-0.25, -0.2) is 12.8 Å². The fourth-order valence-electron chi connectivity index (χ4n) is 4.35. The average molecular weight is 559 g/mol. The summed E-state index contributed by atoms with van der Waals surface area (Å²) in [6.45, 7) is 0.608. The van der Waals surface area contributed by atoms with E-state index in [-0.39, 0.29) is 42.5 Å². The first kappa shape index (κ1) is 26.6. The SMILES string of the molecule is O=C(c1ccc(F)cc1)N1CCN(S(=O)(=O)c2ccc(Nc3ccnc4cc(C(F)(F)F)ccc34)cc2)CC1. The van der Waals surface area contributed by atoms with Gasteiger partial charge in [-0.05, 0) is 66.7 Å². The van der Waals surface area contributed by atoms with Crippen molar-refractivity contribution in [2.24, 2.45) is 0 Å². The lowest BCUT2D eigenvalue weighted by atomic mass is 10.1. The highest BCUT2D eigenvalue weighted by molar-refractivity contribution is 7.89. The van der Waals surface area contributed by atoms with Crippen LogP contribution in [0.5, 0.6) is 0 Å². The molecule has 12 heteroatoms. The normalized spacial score (nSPS) is 14.9. The third-order valence-electron chi connectivity index (χ3n) is 6.46. The predicted molar refractivity (Wildman–Crippen MR) is 138 cm³/mol. The molecule has 1 fully saturated rings. The summed E-state index contributed by atoms with van der Waals surface area (Å²) in [6, 6.07) is 16.1. The predicted octanol–water partition coefficient (Wildman–Crippen LogP) is 5.28. The minimum Gasteiger partial charge on any atom is -0.355 e. The fraction of sp³-hybridized carbons (Fsp3) is 0.185. The first-order valence-corrected chi connectivity index (χ1v) is 13.3. The molecular formula is C27H22F4N4O3S. The molecule has 0 unspecified atom stereocenters. The lowest BCUT2D eigenvalue weighted by Gasteiger charge is -2.34. The molecule has 1 aliphatic rings. The molecule has 5 rings (SSSR count). The van der Waals surface area contributed by atoms with Gasteiger partial charge in [-0.2, -0.15) is 17.5 Å². The van der Waals surface area contributed by atoms with E-state index < -0.39 is 27.6 Å². The quantitative estimate of drug-likeness (QED) is 0.337. The number of halogens is 4. The molecular weight excluding hydrogens is 536 g/mol. The molecule has 2 heterocycles. The number of sulfonamides is 1. The van der Waals surface area contributed by atoms with E-state index in [9.17, 15) is 30.8 Å². The standard InChI is InChI=1S/C27H22F4N4O3S/c28-20-4-1-18(2-5-20)26(36)34-13-15-35(16-14-34)39(37,38)22-8-6-21(7-9-22)33-24-11-12-32-25-17-19(27(29,30)31)3-10-23(24)25/h1-12,17H,13-16H2,(H,32,33). The van der Waals surface area contributed by atoms with Gasteiger partial charge in [0.15, 0.2) is 0 Å². The smallest absolute Gasteiger partial charge is 0.355 e. The largest absolute Gasteiger partial charge is 0.416 e. The molecule has 1 N–H and O–H groups in total. The van der Waals surface area contributed by atoms with Crippen molar-refractivity contribution < 1.29 is 30.8 Å². The van der Waals surface area contributed by atoms with Crippen molar-refractivity contribution in [2.75, 3.05) is 31.5 Å². The van der Waals surface area contributed by atoms with Crippen molar-refractivity contribution >= 4 is 38.2 Å². The maximum atomic E-state index is 13.2. The highest BCUT2D eigenvalue weighted by Crippen LogP contribution is 2.33. The number of pyridine rings is 1. The van der Waals surface area contributed by atoms with Crippen molar-refractivity contribution in [3.8, 4) is 0 Å². The highest BCUT2D eigenvalue weighted by Gasteiger charge is 2.31.